The number of hydrogen-bond donors (Lipinski definition) is 0. The molecule has 0 fully saturated rings. The van der Waals surface area contributed by atoms with Crippen LogP contribution in [-0.2, 0) is 4.74 Å². The summed E-state index contributed by atoms with van der Waals surface area (Å²) < 4.78 is 5.02. The summed E-state index contributed by atoms with van der Waals surface area (Å²) in [5, 5.41) is 0. The van der Waals surface area contributed by atoms with Gasteiger partial charge in [0.1, 0.15) is 0 Å². The molecule has 0 aromatic carbocycles. The van der Waals surface area contributed by atoms with Crippen molar-refractivity contribution in [3.05, 3.63) is 6.92 Å². The lowest BCUT2D eigenvalue weighted by molar-refractivity contribution is 0.156. The van der Waals surface area contributed by atoms with Crippen molar-refractivity contribution in [3.63, 3.8) is 0 Å². The Morgan fingerprint density at radius 3 is 2.62 bits per heavy atom. The van der Waals surface area contributed by atoms with Gasteiger partial charge in [-0.2, -0.15) is 0 Å². The summed E-state index contributed by atoms with van der Waals surface area (Å²) in [6.07, 6.45) is 3.73. The number of ether oxygens (including phenoxy) is 1. The fraction of sp³-hybridized carbons (Fsp3) is 0.857. The van der Waals surface area contributed by atoms with Crippen LogP contribution in [0.5, 0.6) is 0 Å². The molecule has 0 aliphatic heterocycles. The van der Waals surface area contributed by atoms with Gasteiger partial charge in [-0.05, 0) is 6.42 Å². The third-order valence-corrected chi connectivity index (χ3v) is 1.04. The van der Waals surface area contributed by atoms with Gasteiger partial charge in [0.25, 0.3) is 0 Å². The van der Waals surface area contributed by atoms with Gasteiger partial charge < -0.3 is 4.74 Å². The Kier molecular flexibility index (Phi) is 6.68. The predicted molar refractivity (Wildman–Crippen MR) is 35.7 cm³/mol. The van der Waals surface area contributed by atoms with Crippen LogP contribution in [0.25, 0.3) is 0 Å². The zero-order valence-corrected chi connectivity index (χ0v) is 5.65. The Hall–Kier alpha value is -0.170. The quantitative estimate of drug-likeness (QED) is 0.393. The zero-order valence-electron chi connectivity index (χ0n) is 5.65. The van der Waals surface area contributed by atoms with E-state index in [0.29, 0.717) is 6.61 Å². The van der Waals surface area contributed by atoms with Gasteiger partial charge in [0, 0.05) is 0 Å². The van der Waals surface area contributed by atoms with Crippen molar-refractivity contribution in [2.24, 2.45) is 0 Å². The molecule has 0 saturated carbocycles. The van der Waals surface area contributed by atoms with E-state index in [1.807, 2.05) is 0 Å². The van der Waals surface area contributed by atoms with Crippen LogP contribution in [0.15, 0.2) is 0 Å². The van der Waals surface area contributed by atoms with Crippen LogP contribution in [0.3, 0.4) is 0 Å². The standard InChI is InChI=1S/C7H15O/c1-3-5-6-7-8-4-2/h2-7H2,1H3/q+1. The van der Waals surface area contributed by atoms with Crippen molar-refractivity contribution in [2.75, 3.05) is 13.2 Å². The predicted octanol–water partition coefficient (Wildman–Crippen LogP) is 2.03. The van der Waals surface area contributed by atoms with Crippen LogP contribution >= 0.6 is 0 Å². The normalized spacial score (nSPS) is 9.62. The third-order valence-electron chi connectivity index (χ3n) is 1.04. The van der Waals surface area contributed by atoms with E-state index in [1.54, 1.807) is 0 Å². The Labute approximate surface area is 52.0 Å². The summed E-state index contributed by atoms with van der Waals surface area (Å²) >= 11 is 0. The van der Waals surface area contributed by atoms with Crippen molar-refractivity contribution in [3.8, 4) is 0 Å². The molecule has 0 rings (SSSR count). The van der Waals surface area contributed by atoms with Crippen LogP contribution in [-0.4, -0.2) is 13.2 Å². The average Bonchev–Trinajstić information content (AvgIpc) is 1.81. The van der Waals surface area contributed by atoms with Crippen LogP contribution in [0.1, 0.15) is 26.2 Å². The molecule has 0 spiro atoms. The minimum Gasteiger partial charge on any atom is -0.340 e. The minimum absolute atomic E-state index is 0.615. The lowest BCUT2D eigenvalue weighted by Gasteiger charge is -1.94. The van der Waals surface area contributed by atoms with Gasteiger partial charge in [-0.15, -0.1) is 0 Å². The van der Waals surface area contributed by atoms with Crippen molar-refractivity contribution in [1.29, 1.82) is 0 Å². The summed E-state index contributed by atoms with van der Waals surface area (Å²) in [5.41, 5.74) is 0. The molecule has 0 unspecified atom stereocenters. The van der Waals surface area contributed by atoms with E-state index in [-0.39, 0.29) is 0 Å². The van der Waals surface area contributed by atoms with Gasteiger partial charge in [0.2, 0.25) is 0 Å². The Bertz CT molecular complexity index is 29.4. The largest absolute Gasteiger partial charge is 0.340 e. The second-order valence-corrected chi connectivity index (χ2v) is 1.82. The summed E-state index contributed by atoms with van der Waals surface area (Å²) in [4.78, 5) is 0. The Balaban J connectivity index is 2.53. The molecule has 0 saturated heterocycles. The topological polar surface area (TPSA) is 9.23 Å². The SMILES string of the molecule is [CH2+]COCCCCC. The monoisotopic (exact) mass is 115 g/mol. The number of rotatable bonds is 5. The molecule has 0 aliphatic rings. The molecule has 0 aromatic rings. The highest BCUT2D eigenvalue weighted by atomic mass is 16.5. The van der Waals surface area contributed by atoms with Crippen LogP contribution < -0.4 is 0 Å². The molecule has 8 heavy (non-hydrogen) atoms. The van der Waals surface area contributed by atoms with Crippen molar-refractivity contribution >= 4 is 0 Å². The molecule has 48 valence electrons. The number of unbranched alkanes of at least 4 members (excludes halogenated alkanes) is 2. The molecule has 0 N–H and O–H groups in total. The highest BCUT2D eigenvalue weighted by Crippen LogP contribution is 1.92. The molecule has 0 aliphatic carbocycles. The van der Waals surface area contributed by atoms with E-state index in [4.69, 9.17) is 4.74 Å². The second-order valence-electron chi connectivity index (χ2n) is 1.82. The minimum atomic E-state index is 0.615. The summed E-state index contributed by atoms with van der Waals surface area (Å²) in [7, 11) is 0. The van der Waals surface area contributed by atoms with Crippen molar-refractivity contribution in [1.82, 2.24) is 0 Å². The molecule has 1 nitrogen and oxygen atoms in total. The smallest absolute Gasteiger partial charge is 0.184 e. The molecule has 0 bridgehead atoms. The molecule has 0 aromatic heterocycles. The van der Waals surface area contributed by atoms with Crippen LogP contribution in [0, 0.1) is 6.92 Å². The van der Waals surface area contributed by atoms with Gasteiger partial charge in [-0.3, -0.25) is 0 Å². The van der Waals surface area contributed by atoms with Gasteiger partial charge in [0.15, 0.2) is 6.61 Å². The first-order chi connectivity index (χ1) is 3.91. The van der Waals surface area contributed by atoms with E-state index in [9.17, 15) is 0 Å². The molecule has 0 amide bonds. The maximum absolute atomic E-state index is 5.02. The Morgan fingerprint density at radius 2 is 2.12 bits per heavy atom. The van der Waals surface area contributed by atoms with E-state index in [0.717, 1.165) is 6.61 Å². The maximum atomic E-state index is 5.02. The summed E-state index contributed by atoms with van der Waals surface area (Å²) in [5.74, 6) is 0. The van der Waals surface area contributed by atoms with Gasteiger partial charge in [-0.25, -0.2) is 0 Å². The Morgan fingerprint density at radius 1 is 1.38 bits per heavy atom. The first-order valence-corrected chi connectivity index (χ1v) is 3.28. The van der Waals surface area contributed by atoms with Crippen LogP contribution in [0.4, 0.5) is 0 Å². The number of hydrogen-bond acceptors (Lipinski definition) is 1. The van der Waals surface area contributed by atoms with Crippen molar-refractivity contribution in [2.45, 2.75) is 26.2 Å². The van der Waals surface area contributed by atoms with E-state index < -0.39 is 0 Å². The maximum Gasteiger partial charge on any atom is 0.184 e. The van der Waals surface area contributed by atoms with E-state index in [1.165, 1.54) is 19.3 Å². The van der Waals surface area contributed by atoms with Gasteiger partial charge in [-0.1, -0.05) is 19.8 Å². The second kappa shape index (κ2) is 6.83. The van der Waals surface area contributed by atoms with Gasteiger partial charge in [0.05, 0.1) is 13.5 Å². The first-order valence-electron chi connectivity index (χ1n) is 3.28. The molecule has 0 heterocycles. The lowest BCUT2D eigenvalue weighted by Crippen LogP contribution is -1.92. The molecule has 1 heteroatoms. The average molecular weight is 115 g/mol. The fourth-order valence-corrected chi connectivity index (χ4v) is 0.556. The highest BCUT2D eigenvalue weighted by molar-refractivity contribution is 4.36. The summed E-state index contributed by atoms with van der Waals surface area (Å²) in [6, 6.07) is 0. The molecular weight excluding hydrogens is 100 g/mol. The molecule has 0 radical (unpaired) electrons. The fourth-order valence-electron chi connectivity index (χ4n) is 0.556. The van der Waals surface area contributed by atoms with E-state index >= 15 is 0 Å². The van der Waals surface area contributed by atoms with Crippen LogP contribution in [0.2, 0.25) is 0 Å². The van der Waals surface area contributed by atoms with Crippen molar-refractivity contribution < 1.29 is 4.74 Å². The third kappa shape index (κ3) is 5.83. The lowest BCUT2D eigenvalue weighted by atomic mass is 10.3. The summed E-state index contributed by atoms with van der Waals surface area (Å²) in [6.45, 7) is 7.25. The van der Waals surface area contributed by atoms with Gasteiger partial charge >= 0.3 is 0 Å². The molecule has 0 atom stereocenters. The van der Waals surface area contributed by atoms with E-state index in [2.05, 4.69) is 13.8 Å². The highest BCUT2D eigenvalue weighted by Gasteiger charge is 1.84. The zero-order chi connectivity index (χ0) is 6.24. The first kappa shape index (κ1) is 7.83. The molecular formula is C7H15O+.